The van der Waals surface area contributed by atoms with Crippen molar-refractivity contribution in [3.63, 3.8) is 0 Å². The summed E-state index contributed by atoms with van der Waals surface area (Å²) in [6.07, 6.45) is 9.49. The smallest absolute Gasteiger partial charge is 0.130 e. The van der Waals surface area contributed by atoms with E-state index in [1.165, 1.54) is 22.4 Å². The molecule has 154 valence electrons. The van der Waals surface area contributed by atoms with Gasteiger partial charge in [-0.1, -0.05) is 30.7 Å². The molecule has 3 aromatic rings. The zero-order chi connectivity index (χ0) is 20.8. The van der Waals surface area contributed by atoms with Crippen LogP contribution in [0.1, 0.15) is 56.1 Å². The van der Waals surface area contributed by atoms with Crippen molar-refractivity contribution in [3.05, 3.63) is 76.0 Å². The number of aryl methyl sites for hydroxylation is 1. The summed E-state index contributed by atoms with van der Waals surface area (Å²) in [4.78, 5) is 15.5. The minimum absolute atomic E-state index is 0.222. The number of aromatic nitrogens is 3. The van der Waals surface area contributed by atoms with E-state index in [1.807, 2.05) is 31.5 Å². The maximum absolute atomic E-state index is 6.36. The fraction of sp³-hybridized carbons (Fsp3) is 0.360. The van der Waals surface area contributed by atoms with Gasteiger partial charge in [0.05, 0.1) is 17.1 Å². The SMILES string of the molecule is CC1=CCCC(c2cccnc2)=C1N1CC[C@H](C)[C@H]1c1nc2cc(Cl)c(C)cc2[nH]1. The van der Waals surface area contributed by atoms with Gasteiger partial charge in [0, 0.05) is 29.7 Å². The molecule has 0 bridgehead atoms. The Morgan fingerprint density at radius 3 is 2.90 bits per heavy atom. The Hall–Kier alpha value is -2.59. The molecule has 0 radical (unpaired) electrons. The first-order valence-corrected chi connectivity index (χ1v) is 11.1. The van der Waals surface area contributed by atoms with E-state index in [1.54, 1.807) is 0 Å². The number of fused-ring (bicyclic) bond motifs is 1. The zero-order valence-electron chi connectivity index (χ0n) is 17.7. The maximum Gasteiger partial charge on any atom is 0.130 e. The summed E-state index contributed by atoms with van der Waals surface area (Å²) in [5.41, 5.74) is 8.42. The number of H-pyrrole nitrogens is 1. The second kappa shape index (κ2) is 7.59. The van der Waals surface area contributed by atoms with Crippen LogP contribution in [0.25, 0.3) is 16.6 Å². The van der Waals surface area contributed by atoms with Crippen molar-refractivity contribution in [2.75, 3.05) is 6.54 Å². The molecule has 2 aromatic heterocycles. The highest BCUT2D eigenvalue weighted by atomic mass is 35.5. The van der Waals surface area contributed by atoms with Gasteiger partial charge in [0.25, 0.3) is 0 Å². The molecule has 3 heterocycles. The van der Waals surface area contributed by atoms with Gasteiger partial charge >= 0.3 is 0 Å². The molecule has 30 heavy (non-hydrogen) atoms. The van der Waals surface area contributed by atoms with E-state index in [-0.39, 0.29) is 6.04 Å². The molecule has 1 aliphatic heterocycles. The highest BCUT2D eigenvalue weighted by Crippen LogP contribution is 2.44. The largest absolute Gasteiger partial charge is 0.361 e. The molecule has 2 aliphatic rings. The van der Waals surface area contributed by atoms with Crippen molar-refractivity contribution >= 4 is 28.2 Å². The van der Waals surface area contributed by atoms with Crippen molar-refractivity contribution in [1.82, 2.24) is 19.9 Å². The molecule has 1 aliphatic carbocycles. The second-order valence-electron chi connectivity index (χ2n) is 8.64. The van der Waals surface area contributed by atoms with Gasteiger partial charge in [-0.25, -0.2) is 4.98 Å². The van der Waals surface area contributed by atoms with Crippen LogP contribution in [0, 0.1) is 12.8 Å². The number of benzene rings is 1. The van der Waals surface area contributed by atoms with Gasteiger partial charge in [-0.15, -0.1) is 0 Å². The number of rotatable bonds is 3. The van der Waals surface area contributed by atoms with Gasteiger partial charge in [0.1, 0.15) is 5.82 Å². The molecule has 1 fully saturated rings. The fourth-order valence-electron chi connectivity index (χ4n) is 5.02. The van der Waals surface area contributed by atoms with E-state index in [0.717, 1.165) is 53.3 Å². The summed E-state index contributed by atoms with van der Waals surface area (Å²) in [5.74, 6) is 1.55. The van der Waals surface area contributed by atoms with Crippen molar-refractivity contribution in [1.29, 1.82) is 0 Å². The Labute approximate surface area is 182 Å². The van der Waals surface area contributed by atoms with E-state index < -0.39 is 0 Å². The summed E-state index contributed by atoms with van der Waals surface area (Å²) in [5, 5.41) is 0.768. The molecule has 1 saturated heterocycles. The lowest BCUT2D eigenvalue weighted by atomic mass is 9.90. The summed E-state index contributed by atoms with van der Waals surface area (Å²) < 4.78 is 0. The topological polar surface area (TPSA) is 44.8 Å². The molecule has 4 nitrogen and oxygen atoms in total. The first-order chi connectivity index (χ1) is 14.5. The van der Waals surface area contributed by atoms with Crippen LogP contribution >= 0.6 is 11.6 Å². The Balaban J connectivity index is 1.62. The number of hydrogen-bond acceptors (Lipinski definition) is 3. The normalized spacial score (nSPS) is 22.1. The third kappa shape index (κ3) is 3.24. The summed E-state index contributed by atoms with van der Waals surface area (Å²) in [6.45, 7) is 7.65. The predicted octanol–water partition coefficient (Wildman–Crippen LogP) is 6.45. The monoisotopic (exact) mass is 418 g/mol. The third-order valence-corrected chi connectivity index (χ3v) is 6.97. The van der Waals surface area contributed by atoms with Crippen LogP contribution in [0.3, 0.4) is 0 Å². The average molecular weight is 419 g/mol. The number of nitrogens with zero attached hydrogens (tertiary/aromatic N) is 3. The summed E-state index contributed by atoms with van der Waals surface area (Å²) >= 11 is 6.36. The lowest BCUT2D eigenvalue weighted by Crippen LogP contribution is -2.28. The van der Waals surface area contributed by atoms with Crippen LogP contribution in [-0.4, -0.2) is 26.4 Å². The van der Waals surface area contributed by atoms with Crippen molar-refractivity contribution in [3.8, 4) is 0 Å². The van der Waals surface area contributed by atoms with Crippen LogP contribution in [0.15, 0.2) is 54.0 Å². The first-order valence-electron chi connectivity index (χ1n) is 10.8. The number of hydrogen-bond donors (Lipinski definition) is 1. The van der Waals surface area contributed by atoms with Gasteiger partial charge < -0.3 is 9.88 Å². The quantitative estimate of drug-likeness (QED) is 0.531. The van der Waals surface area contributed by atoms with Gasteiger partial charge in [-0.3, -0.25) is 4.98 Å². The highest BCUT2D eigenvalue weighted by molar-refractivity contribution is 6.32. The number of pyridine rings is 1. The highest BCUT2D eigenvalue weighted by Gasteiger charge is 2.37. The number of likely N-dealkylation sites (tertiary alicyclic amines) is 1. The molecule has 1 N–H and O–H groups in total. The molecule has 0 unspecified atom stereocenters. The van der Waals surface area contributed by atoms with Gasteiger partial charge in [0.15, 0.2) is 0 Å². The Morgan fingerprint density at radius 2 is 2.10 bits per heavy atom. The number of imidazole rings is 1. The van der Waals surface area contributed by atoms with E-state index >= 15 is 0 Å². The van der Waals surface area contributed by atoms with Crippen molar-refractivity contribution < 1.29 is 0 Å². The molecule has 0 spiro atoms. The van der Waals surface area contributed by atoms with Crippen LogP contribution in [-0.2, 0) is 0 Å². The number of nitrogens with one attached hydrogen (secondary N) is 1. The minimum Gasteiger partial charge on any atom is -0.361 e. The average Bonchev–Trinajstić information content (AvgIpc) is 3.31. The van der Waals surface area contributed by atoms with Crippen LogP contribution < -0.4 is 0 Å². The van der Waals surface area contributed by atoms with E-state index in [9.17, 15) is 0 Å². The summed E-state index contributed by atoms with van der Waals surface area (Å²) in [6, 6.07) is 8.51. The molecule has 0 saturated carbocycles. The Bertz CT molecular complexity index is 1120. The zero-order valence-corrected chi connectivity index (χ0v) is 18.5. The van der Waals surface area contributed by atoms with Crippen LogP contribution in [0.5, 0.6) is 0 Å². The molecule has 2 atom stereocenters. The minimum atomic E-state index is 0.222. The molecular weight excluding hydrogens is 392 g/mol. The van der Waals surface area contributed by atoms with Gasteiger partial charge in [0.2, 0.25) is 0 Å². The number of halogens is 1. The van der Waals surface area contributed by atoms with E-state index in [0.29, 0.717) is 5.92 Å². The van der Waals surface area contributed by atoms with Crippen molar-refractivity contribution in [2.24, 2.45) is 5.92 Å². The van der Waals surface area contributed by atoms with E-state index in [2.05, 4.69) is 46.9 Å². The molecule has 5 heteroatoms. The number of allylic oxidation sites excluding steroid dienone is 3. The Kier molecular flexibility index (Phi) is 4.90. The lowest BCUT2D eigenvalue weighted by Gasteiger charge is -2.34. The fourth-order valence-corrected chi connectivity index (χ4v) is 5.18. The third-order valence-electron chi connectivity index (χ3n) is 6.56. The molecular formula is C25H27ClN4. The predicted molar refractivity (Wildman–Crippen MR) is 123 cm³/mol. The second-order valence-corrected chi connectivity index (χ2v) is 9.05. The Morgan fingerprint density at radius 1 is 1.23 bits per heavy atom. The maximum atomic E-state index is 6.36. The van der Waals surface area contributed by atoms with E-state index in [4.69, 9.17) is 16.6 Å². The van der Waals surface area contributed by atoms with Crippen LogP contribution in [0.4, 0.5) is 0 Å². The van der Waals surface area contributed by atoms with Gasteiger partial charge in [-0.2, -0.15) is 0 Å². The molecule has 5 rings (SSSR count). The lowest BCUT2D eigenvalue weighted by molar-refractivity contribution is 0.288. The number of aromatic amines is 1. The molecule has 1 aromatic carbocycles. The first kappa shape index (κ1) is 19.4. The summed E-state index contributed by atoms with van der Waals surface area (Å²) in [7, 11) is 0. The molecule has 0 amide bonds. The van der Waals surface area contributed by atoms with Crippen LogP contribution in [0.2, 0.25) is 5.02 Å². The van der Waals surface area contributed by atoms with Crippen molar-refractivity contribution in [2.45, 2.75) is 46.1 Å². The standard InChI is InChI=1S/C25H27ClN4/c1-15-6-4-8-19(18-7-5-10-27-14-18)23(15)30-11-9-16(2)24(30)25-28-21-12-17(3)20(26)13-22(21)29-25/h5-7,10,12-14,16,24H,4,8-9,11H2,1-3H3,(H,28,29)/t16-,24-/m0/s1. The van der Waals surface area contributed by atoms with Gasteiger partial charge in [-0.05, 0) is 79.5 Å².